The second-order valence-corrected chi connectivity index (χ2v) is 4.47. The van der Waals surface area contributed by atoms with Gasteiger partial charge in [-0.2, -0.15) is 0 Å². The zero-order chi connectivity index (χ0) is 10.8. The largest absolute Gasteiger partial charge is 0.390 e. The summed E-state index contributed by atoms with van der Waals surface area (Å²) in [7, 11) is 0. The standard InChI is InChI=1S/C12H17FO/c1-9(8-12(2,3)14)10-4-6-11(13)7-5-10/h4-7,9,14H,8H2,1-3H3. The lowest BCUT2D eigenvalue weighted by atomic mass is 9.89. The third-order valence-electron chi connectivity index (χ3n) is 2.24. The third-order valence-corrected chi connectivity index (χ3v) is 2.24. The van der Waals surface area contributed by atoms with Gasteiger partial charge in [-0.15, -0.1) is 0 Å². The van der Waals surface area contributed by atoms with Crippen molar-refractivity contribution in [2.45, 2.75) is 38.7 Å². The molecule has 0 spiro atoms. The van der Waals surface area contributed by atoms with Gasteiger partial charge in [-0.3, -0.25) is 0 Å². The lowest BCUT2D eigenvalue weighted by molar-refractivity contribution is 0.0647. The molecule has 14 heavy (non-hydrogen) atoms. The molecule has 1 unspecified atom stereocenters. The van der Waals surface area contributed by atoms with Gasteiger partial charge in [-0.1, -0.05) is 19.1 Å². The first-order valence-corrected chi connectivity index (χ1v) is 4.86. The molecule has 0 aliphatic heterocycles. The van der Waals surface area contributed by atoms with Gasteiger partial charge in [-0.05, 0) is 43.9 Å². The molecule has 78 valence electrons. The lowest BCUT2D eigenvalue weighted by Crippen LogP contribution is -2.21. The van der Waals surface area contributed by atoms with Crippen molar-refractivity contribution in [1.29, 1.82) is 0 Å². The number of halogens is 1. The summed E-state index contributed by atoms with van der Waals surface area (Å²) in [5, 5.41) is 9.63. The van der Waals surface area contributed by atoms with Gasteiger partial charge < -0.3 is 5.11 Å². The third kappa shape index (κ3) is 3.46. The van der Waals surface area contributed by atoms with Gasteiger partial charge >= 0.3 is 0 Å². The molecule has 0 saturated carbocycles. The minimum Gasteiger partial charge on any atom is -0.390 e. The Hall–Kier alpha value is -0.890. The van der Waals surface area contributed by atoms with Gasteiger partial charge in [-0.25, -0.2) is 4.39 Å². The SMILES string of the molecule is CC(CC(C)(C)O)c1ccc(F)cc1. The first-order valence-electron chi connectivity index (χ1n) is 4.86. The fourth-order valence-corrected chi connectivity index (χ4v) is 1.66. The highest BCUT2D eigenvalue weighted by atomic mass is 19.1. The van der Waals surface area contributed by atoms with Crippen molar-refractivity contribution in [1.82, 2.24) is 0 Å². The fraction of sp³-hybridized carbons (Fsp3) is 0.500. The fourth-order valence-electron chi connectivity index (χ4n) is 1.66. The van der Waals surface area contributed by atoms with Crippen LogP contribution in [-0.2, 0) is 0 Å². The lowest BCUT2D eigenvalue weighted by Gasteiger charge is -2.22. The van der Waals surface area contributed by atoms with E-state index in [4.69, 9.17) is 0 Å². The Morgan fingerprint density at radius 1 is 1.29 bits per heavy atom. The van der Waals surface area contributed by atoms with Gasteiger partial charge in [0.2, 0.25) is 0 Å². The van der Waals surface area contributed by atoms with Crippen molar-refractivity contribution in [2.75, 3.05) is 0 Å². The van der Waals surface area contributed by atoms with Crippen LogP contribution in [0.2, 0.25) is 0 Å². The highest BCUT2D eigenvalue weighted by Gasteiger charge is 2.18. The second kappa shape index (κ2) is 4.09. The Kier molecular flexibility index (Phi) is 3.27. The van der Waals surface area contributed by atoms with Gasteiger partial charge in [0.05, 0.1) is 5.60 Å². The number of aliphatic hydroxyl groups is 1. The first-order chi connectivity index (χ1) is 6.38. The average molecular weight is 196 g/mol. The smallest absolute Gasteiger partial charge is 0.123 e. The second-order valence-electron chi connectivity index (χ2n) is 4.47. The molecule has 1 atom stereocenters. The summed E-state index contributed by atoms with van der Waals surface area (Å²) in [5.74, 6) is 0.0276. The van der Waals surface area contributed by atoms with Crippen LogP contribution in [0.15, 0.2) is 24.3 Å². The number of rotatable bonds is 3. The van der Waals surface area contributed by atoms with Crippen LogP contribution in [0.25, 0.3) is 0 Å². The van der Waals surface area contributed by atoms with E-state index in [1.807, 2.05) is 6.92 Å². The van der Waals surface area contributed by atoms with E-state index in [9.17, 15) is 9.50 Å². The average Bonchev–Trinajstić information content (AvgIpc) is 2.02. The topological polar surface area (TPSA) is 20.2 Å². The Bertz CT molecular complexity index is 284. The molecule has 1 N–H and O–H groups in total. The minimum atomic E-state index is -0.673. The van der Waals surface area contributed by atoms with Crippen molar-refractivity contribution in [3.63, 3.8) is 0 Å². The molecule has 0 radical (unpaired) electrons. The summed E-state index contributed by atoms with van der Waals surface area (Å²) in [6.07, 6.45) is 0.679. The quantitative estimate of drug-likeness (QED) is 0.787. The maximum atomic E-state index is 12.6. The number of hydrogen-bond donors (Lipinski definition) is 1. The molecule has 0 saturated heterocycles. The molecule has 1 aromatic rings. The van der Waals surface area contributed by atoms with Crippen LogP contribution in [0.1, 0.15) is 38.7 Å². The summed E-state index contributed by atoms with van der Waals surface area (Å²) in [4.78, 5) is 0. The molecule has 0 fully saturated rings. The molecule has 1 aromatic carbocycles. The molecule has 0 aromatic heterocycles. The van der Waals surface area contributed by atoms with Crippen molar-refractivity contribution < 1.29 is 9.50 Å². The maximum absolute atomic E-state index is 12.6. The zero-order valence-corrected chi connectivity index (χ0v) is 8.92. The molecule has 0 aliphatic carbocycles. The van der Waals surface area contributed by atoms with E-state index in [-0.39, 0.29) is 11.7 Å². The van der Waals surface area contributed by atoms with E-state index in [0.717, 1.165) is 5.56 Å². The van der Waals surface area contributed by atoms with Gasteiger partial charge in [0, 0.05) is 0 Å². The minimum absolute atomic E-state index is 0.218. The van der Waals surface area contributed by atoms with E-state index in [1.54, 1.807) is 26.0 Å². The molecule has 1 rings (SSSR count). The highest BCUT2D eigenvalue weighted by molar-refractivity contribution is 5.20. The van der Waals surface area contributed by atoms with Crippen LogP contribution in [-0.4, -0.2) is 10.7 Å². The van der Waals surface area contributed by atoms with Crippen molar-refractivity contribution in [3.05, 3.63) is 35.6 Å². The van der Waals surface area contributed by atoms with Crippen molar-refractivity contribution >= 4 is 0 Å². The van der Waals surface area contributed by atoms with Crippen molar-refractivity contribution in [3.8, 4) is 0 Å². The molecule has 0 amide bonds. The predicted molar refractivity (Wildman–Crippen MR) is 55.7 cm³/mol. The van der Waals surface area contributed by atoms with E-state index in [2.05, 4.69) is 0 Å². The summed E-state index contributed by atoms with van der Waals surface area (Å²) in [5.41, 5.74) is 0.391. The van der Waals surface area contributed by atoms with Crippen LogP contribution in [0.4, 0.5) is 4.39 Å². The van der Waals surface area contributed by atoms with E-state index >= 15 is 0 Å². The summed E-state index contributed by atoms with van der Waals surface area (Å²) in [6, 6.07) is 6.45. The van der Waals surface area contributed by atoms with Crippen LogP contribution in [0, 0.1) is 5.82 Å². The van der Waals surface area contributed by atoms with Crippen LogP contribution >= 0.6 is 0 Å². The van der Waals surface area contributed by atoms with Gasteiger partial charge in [0.15, 0.2) is 0 Å². The first kappa shape index (κ1) is 11.2. The molecule has 2 heteroatoms. The Balaban J connectivity index is 2.70. The van der Waals surface area contributed by atoms with Crippen molar-refractivity contribution in [2.24, 2.45) is 0 Å². The van der Waals surface area contributed by atoms with E-state index in [1.165, 1.54) is 12.1 Å². The van der Waals surface area contributed by atoms with E-state index < -0.39 is 5.60 Å². The molecule has 0 bridgehead atoms. The molecular formula is C12H17FO. The van der Waals surface area contributed by atoms with Gasteiger partial charge in [0.25, 0.3) is 0 Å². The molecule has 0 heterocycles. The predicted octanol–water partition coefficient (Wildman–Crippen LogP) is 3.09. The number of hydrogen-bond acceptors (Lipinski definition) is 1. The summed E-state index contributed by atoms with van der Waals surface area (Å²) < 4.78 is 12.6. The Morgan fingerprint density at radius 3 is 2.21 bits per heavy atom. The van der Waals surface area contributed by atoms with Crippen LogP contribution in [0.3, 0.4) is 0 Å². The van der Waals surface area contributed by atoms with E-state index in [0.29, 0.717) is 6.42 Å². The van der Waals surface area contributed by atoms with Crippen LogP contribution in [0.5, 0.6) is 0 Å². The highest BCUT2D eigenvalue weighted by Crippen LogP contribution is 2.25. The summed E-state index contributed by atoms with van der Waals surface area (Å²) in [6.45, 7) is 5.60. The Morgan fingerprint density at radius 2 is 1.79 bits per heavy atom. The number of benzene rings is 1. The van der Waals surface area contributed by atoms with Gasteiger partial charge in [0.1, 0.15) is 5.82 Å². The molecular weight excluding hydrogens is 179 g/mol. The Labute approximate surface area is 84.6 Å². The zero-order valence-electron chi connectivity index (χ0n) is 8.92. The summed E-state index contributed by atoms with van der Waals surface area (Å²) >= 11 is 0. The monoisotopic (exact) mass is 196 g/mol. The van der Waals surface area contributed by atoms with Crippen LogP contribution < -0.4 is 0 Å². The normalized spacial score (nSPS) is 14.1. The molecule has 1 nitrogen and oxygen atoms in total. The molecule has 0 aliphatic rings. The maximum Gasteiger partial charge on any atom is 0.123 e.